The maximum absolute atomic E-state index is 9.04. The molecule has 0 fully saturated rings. The van der Waals surface area contributed by atoms with Crippen molar-refractivity contribution in [2.45, 2.75) is 13.3 Å². The minimum atomic E-state index is -2.58. The molecular formula is C3H9O2PS3. The van der Waals surface area contributed by atoms with Gasteiger partial charge in [0.2, 0.25) is 0 Å². The van der Waals surface area contributed by atoms with Gasteiger partial charge in [-0.25, -0.2) is 0 Å². The van der Waals surface area contributed by atoms with E-state index in [4.69, 9.17) is 4.89 Å². The summed E-state index contributed by atoms with van der Waals surface area (Å²) in [6.07, 6.45) is 0.987. The molecule has 0 bridgehead atoms. The fraction of sp³-hybridized carbons (Fsp3) is 1.00. The monoisotopic (exact) mass is 204 g/mol. The van der Waals surface area contributed by atoms with Crippen LogP contribution in [0.5, 0.6) is 0 Å². The van der Waals surface area contributed by atoms with Crippen LogP contribution in [0.4, 0.5) is 0 Å². The molecule has 9 heavy (non-hydrogen) atoms. The Bertz CT molecular complexity index is 118. The van der Waals surface area contributed by atoms with Crippen molar-refractivity contribution in [1.82, 2.24) is 0 Å². The highest BCUT2D eigenvalue weighted by molar-refractivity contribution is 8.68. The largest absolute Gasteiger partial charge is 0.337 e. The van der Waals surface area contributed by atoms with Crippen LogP contribution in [0.2, 0.25) is 0 Å². The minimum Gasteiger partial charge on any atom is -0.337 e. The number of rotatable bonds is 4. The van der Waals surface area contributed by atoms with E-state index < -0.39 is 5.69 Å². The molecule has 56 valence electrons. The zero-order valence-corrected chi connectivity index (χ0v) is 8.40. The van der Waals surface area contributed by atoms with E-state index in [1.807, 2.05) is 6.92 Å². The molecule has 0 aliphatic rings. The molecule has 0 aromatic rings. The van der Waals surface area contributed by atoms with Crippen LogP contribution in [0, 0.1) is 0 Å². The zero-order chi connectivity index (χ0) is 7.33. The van der Waals surface area contributed by atoms with Crippen molar-refractivity contribution < 1.29 is 8.86 Å². The van der Waals surface area contributed by atoms with Crippen molar-refractivity contribution in [3.63, 3.8) is 0 Å². The first-order valence-corrected chi connectivity index (χ1v) is 7.05. The average molecular weight is 204 g/mol. The second-order valence-corrected chi connectivity index (χ2v) is 8.08. The molecule has 0 heterocycles. The molecule has 0 saturated carbocycles. The van der Waals surface area contributed by atoms with Crippen LogP contribution >= 0.6 is 30.0 Å². The fourth-order valence-electron chi connectivity index (χ4n) is 0.230. The summed E-state index contributed by atoms with van der Waals surface area (Å²) in [6, 6.07) is 0. The van der Waals surface area contributed by atoms with E-state index in [1.54, 1.807) is 0 Å². The van der Waals surface area contributed by atoms with E-state index in [1.165, 1.54) is 11.4 Å². The summed E-state index contributed by atoms with van der Waals surface area (Å²) in [7, 11) is 0. The van der Waals surface area contributed by atoms with Crippen LogP contribution in [0.1, 0.15) is 13.3 Å². The maximum atomic E-state index is 9.04. The highest BCUT2D eigenvalue weighted by Gasteiger charge is 2.10. The van der Waals surface area contributed by atoms with Gasteiger partial charge in [0.15, 0.2) is 0 Å². The quantitative estimate of drug-likeness (QED) is 0.417. The third-order valence-electron chi connectivity index (χ3n) is 0.562. The van der Waals surface area contributed by atoms with Gasteiger partial charge in [0.25, 0.3) is 5.69 Å². The molecule has 0 rings (SSSR count). The lowest BCUT2D eigenvalue weighted by Gasteiger charge is -2.08. The maximum Gasteiger partial charge on any atom is 0.255 e. The zero-order valence-electron chi connectivity index (χ0n) is 4.98. The molecule has 1 atom stereocenters. The van der Waals surface area contributed by atoms with Crippen molar-refractivity contribution in [3.05, 3.63) is 0 Å². The number of thiol groups is 1. The van der Waals surface area contributed by atoms with Gasteiger partial charge in [-0.2, -0.15) is 0 Å². The molecule has 0 amide bonds. The predicted octanol–water partition coefficient (Wildman–Crippen LogP) is 2.21. The molecule has 0 spiro atoms. The Balaban J connectivity index is 3.46. The van der Waals surface area contributed by atoms with Crippen molar-refractivity contribution >= 4 is 41.8 Å². The Kier molecular flexibility index (Phi) is 5.70. The lowest BCUT2D eigenvalue weighted by molar-refractivity contribution is 0.548. The van der Waals surface area contributed by atoms with E-state index in [-0.39, 0.29) is 0 Å². The van der Waals surface area contributed by atoms with Gasteiger partial charge in [0, 0.05) is 5.75 Å². The van der Waals surface area contributed by atoms with Gasteiger partial charge in [0.05, 0.1) is 0 Å². The van der Waals surface area contributed by atoms with Gasteiger partial charge in [0.1, 0.15) is 0 Å². The van der Waals surface area contributed by atoms with Gasteiger partial charge in [-0.3, -0.25) is 3.97 Å². The Morgan fingerprint density at radius 3 is 2.78 bits per heavy atom. The molecule has 0 aliphatic heterocycles. The lowest BCUT2D eigenvalue weighted by atomic mass is 10.6. The molecule has 0 aliphatic carbocycles. The van der Waals surface area contributed by atoms with Gasteiger partial charge in [-0.1, -0.05) is 18.3 Å². The Morgan fingerprint density at radius 1 is 1.89 bits per heavy atom. The van der Waals surface area contributed by atoms with E-state index in [2.05, 4.69) is 28.7 Å². The second-order valence-electron chi connectivity index (χ2n) is 1.38. The third kappa shape index (κ3) is 5.70. The molecule has 0 radical (unpaired) electrons. The predicted molar refractivity (Wildman–Crippen MR) is 49.3 cm³/mol. The van der Waals surface area contributed by atoms with Crippen LogP contribution < -0.4 is 0 Å². The number of hydrogen-bond acceptors (Lipinski definition) is 4. The Morgan fingerprint density at radius 2 is 2.44 bits per heavy atom. The SMILES string of the molecule is CCCSP(O)(=S)OS. The molecule has 6 heteroatoms. The summed E-state index contributed by atoms with van der Waals surface area (Å²) in [4.78, 5) is 9.04. The first kappa shape index (κ1) is 10.3. The number of hydrogen-bond donors (Lipinski definition) is 2. The summed E-state index contributed by atoms with van der Waals surface area (Å²) >= 11 is 9.35. The van der Waals surface area contributed by atoms with E-state index >= 15 is 0 Å². The molecule has 0 saturated heterocycles. The smallest absolute Gasteiger partial charge is 0.255 e. The molecule has 0 aromatic carbocycles. The summed E-state index contributed by atoms with van der Waals surface area (Å²) in [6.45, 7) is 2.01. The lowest BCUT2D eigenvalue weighted by Crippen LogP contribution is -1.75. The summed E-state index contributed by atoms with van der Waals surface area (Å²) in [5.41, 5.74) is -2.58. The average Bonchev–Trinajstić information content (AvgIpc) is 1.84. The van der Waals surface area contributed by atoms with Crippen molar-refractivity contribution in [1.29, 1.82) is 0 Å². The van der Waals surface area contributed by atoms with Crippen LogP contribution in [0.25, 0.3) is 0 Å². The normalized spacial score (nSPS) is 17.2. The van der Waals surface area contributed by atoms with Crippen LogP contribution in [-0.4, -0.2) is 10.6 Å². The standard InChI is InChI=1S/C3H9O2PS3/c1-2-3-9-6(4,8)5-7/h7H,2-3H2,1H3,(H,4,8). The molecule has 1 N–H and O–H groups in total. The first-order chi connectivity index (χ1) is 4.12. The summed E-state index contributed by atoms with van der Waals surface area (Å²) < 4.78 is 4.38. The van der Waals surface area contributed by atoms with E-state index in [0.29, 0.717) is 0 Å². The van der Waals surface area contributed by atoms with Gasteiger partial charge in [-0.05, 0) is 31.1 Å². The highest BCUT2D eigenvalue weighted by atomic mass is 32.9. The van der Waals surface area contributed by atoms with Gasteiger partial charge < -0.3 is 4.89 Å². The van der Waals surface area contributed by atoms with Crippen LogP contribution in [0.3, 0.4) is 0 Å². The first-order valence-electron chi connectivity index (χ1n) is 2.43. The van der Waals surface area contributed by atoms with Crippen molar-refractivity contribution in [2.75, 3.05) is 5.75 Å². The van der Waals surface area contributed by atoms with Crippen molar-refractivity contribution in [2.24, 2.45) is 0 Å². The van der Waals surface area contributed by atoms with Gasteiger partial charge in [-0.15, -0.1) is 0 Å². The van der Waals surface area contributed by atoms with Crippen LogP contribution in [-0.2, 0) is 15.8 Å². The van der Waals surface area contributed by atoms with Crippen molar-refractivity contribution in [3.8, 4) is 0 Å². The van der Waals surface area contributed by atoms with Gasteiger partial charge >= 0.3 is 0 Å². The highest BCUT2D eigenvalue weighted by Crippen LogP contribution is 2.56. The Labute approximate surface area is 69.9 Å². The topological polar surface area (TPSA) is 29.5 Å². The third-order valence-corrected chi connectivity index (χ3v) is 5.98. The molecular weight excluding hydrogens is 195 g/mol. The summed E-state index contributed by atoms with van der Waals surface area (Å²) in [5, 5.41) is 0. The van der Waals surface area contributed by atoms with Crippen LogP contribution in [0.15, 0.2) is 0 Å². The fourth-order valence-corrected chi connectivity index (χ4v) is 3.17. The minimum absolute atomic E-state index is 0.828. The van der Waals surface area contributed by atoms with E-state index in [0.717, 1.165) is 12.2 Å². The second kappa shape index (κ2) is 4.99. The van der Waals surface area contributed by atoms with E-state index in [9.17, 15) is 0 Å². The molecule has 1 unspecified atom stereocenters. The Hall–Kier alpha value is 1.27. The molecule has 2 nitrogen and oxygen atoms in total. The summed E-state index contributed by atoms with van der Waals surface area (Å²) in [5.74, 6) is 0.828. The molecule has 0 aromatic heterocycles.